The van der Waals surface area contributed by atoms with Crippen LogP contribution in [0.5, 0.6) is 0 Å². The van der Waals surface area contributed by atoms with Gasteiger partial charge in [0.15, 0.2) is 0 Å². The van der Waals surface area contributed by atoms with Crippen molar-refractivity contribution < 1.29 is 14.7 Å². The SMILES string of the molecule is Cc1cccc(/C(CC(=O)O)=N/N2CCCC2=O)n1. The molecule has 1 saturated heterocycles. The average molecular weight is 261 g/mol. The molecule has 1 aliphatic heterocycles. The molecule has 0 radical (unpaired) electrons. The van der Waals surface area contributed by atoms with Crippen molar-refractivity contribution in [2.75, 3.05) is 6.54 Å². The van der Waals surface area contributed by atoms with Crippen molar-refractivity contribution in [3.05, 3.63) is 29.6 Å². The minimum Gasteiger partial charge on any atom is -0.481 e. The van der Waals surface area contributed by atoms with Crippen molar-refractivity contribution in [2.24, 2.45) is 5.10 Å². The highest BCUT2D eigenvalue weighted by atomic mass is 16.4. The van der Waals surface area contributed by atoms with Crippen LogP contribution in [-0.4, -0.2) is 39.2 Å². The van der Waals surface area contributed by atoms with E-state index in [0.717, 1.165) is 12.1 Å². The molecule has 0 aromatic carbocycles. The molecule has 0 aliphatic carbocycles. The topological polar surface area (TPSA) is 82.9 Å². The van der Waals surface area contributed by atoms with Crippen LogP contribution in [0.1, 0.15) is 30.7 Å². The molecule has 1 N–H and O–H groups in total. The van der Waals surface area contributed by atoms with Gasteiger partial charge in [0.25, 0.3) is 0 Å². The average Bonchev–Trinajstić information content (AvgIpc) is 2.74. The van der Waals surface area contributed by atoms with Gasteiger partial charge in [0.05, 0.1) is 17.8 Å². The van der Waals surface area contributed by atoms with E-state index in [9.17, 15) is 9.59 Å². The van der Waals surface area contributed by atoms with Gasteiger partial charge in [-0.05, 0) is 25.5 Å². The van der Waals surface area contributed by atoms with Crippen molar-refractivity contribution in [2.45, 2.75) is 26.2 Å². The lowest BCUT2D eigenvalue weighted by molar-refractivity contribution is -0.135. The van der Waals surface area contributed by atoms with E-state index in [-0.39, 0.29) is 12.3 Å². The highest BCUT2D eigenvalue weighted by molar-refractivity contribution is 6.08. The molecular weight excluding hydrogens is 246 g/mol. The molecule has 0 unspecified atom stereocenters. The fraction of sp³-hybridized carbons (Fsp3) is 0.385. The molecule has 1 amide bonds. The highest BCUT2D eigenvalue weighted by Gasteiger charge is 2.21. The first-order valence-corrected chi connectivity index (χ1v) is 6.10. The summed E-state index contributed by atoms with van der Waals surface area (Å²) in [6.07, 6.45) is 0.968. The van der Waals surface area contributed by atoms with Crippen molar-refractivity contribution >= 4 is 17.6 Å². The van der Waals surface area contributed by atoms with E-state index in [1.165, 1.54) is 5.01 Å². The van der Waals surface area contributed by atoms with E-state index in [4.69, 9.17) is 5.11 Å². The molecule has 2 rings (SSSR count). The molecule has 1 aromatic heterocycles. The minimum atomic E-state index is -0.992. The zero-order chi connectivity index (χ0) is 13.8. The van der Waals surface area contributed by atoms with Gasteiger partial charge in [-0.25, -0.2) is 5.01 Å². The fourth-order valence-corrected chi connectivity index (χ4v) is 1.91. The van der Waals surface area contributed by atoms with E-state index in [1.54, 1.807) is 12.1 Å². The Balaban J connectivity index is 2.32. The Kier molecular flexibility index (Phi) is 3.89. The number of aromatic nitrogens is 1. The summed E-state index contributed by atoms with van der Waals surface area (Å²) < 4.78 is 0. The Labute approximate surface area is 110 Å². The number of hydrogen-bond acceptors (Lipinski definition) is 4. The Morgan fingerprint density at radius 2 is 2.32 bits per heavy atom. The highest BCUT2D eigenvalue weighted by Crippen LogP contribution is 2.12. The first-order chi connectivity index (χ1) is 9.06. The summed E-state index contributed by atoms with van der Waals surface area (Å²) in [6, 6.07) is 5.32. The van der Waals surface area contributed by atoms with Gasteiger partial charge in [0, 0.05) is 18.7 Å². The molecule has 0 saturated carbocycles. The molecular formula is C13H15N3O3. The molecule has 6 nitrogen and oxygen atoms in total. The van der Waals surface area contributed by atoms with Crippen LogP contribution in [0.25, 0.3) is 0 Å². The second-order valence-electron chi connectivity index (χ2n) is 4.40. The minimum absolute atomic E-state index is 0.0736. The fourth-order valence-electron chi connectivity index (χ4n) is 1.91. The second-order valence-corrected chi connectivity index (χ2v) is 4.40. The summed E-state index contributed by atoms with van der Waals surface area (Å²) in [7, 11) is 0. The van der Waals surface area contributed by atoms with Gasteiger partial charge in [0.2, 0.25) is 5.91 Å². The monoisotopic (exact) mass is 261 g/mol. The first-order valence-electron chi connectivity index (χ1n) is 6.10. The quantitative estimate of drug-likeness (QED) is 0.825. The molecule has 0 spiro atoms. The van der Waals surface area contributed by atoms with Crippen molar-refractivity contribution in [3.63, 3.8) is 0 Å². The normalized spacial score (nSPS) is 15.9. The molecule has 2 heterocycles. The number of rotatable bonds is 4. The maximum atomic E-state index is 11.5. The van der Waals surface area contributed by atoms with Crippen LogP contribution in [0, 0.1) is 6.92 Å². The number of carboxylic acids is 1. The zero-order valence-electron chi connectivity index (χ0n) is 10.7. The van der Waals surface area contributed by atoms with Crippen LogP contribution in [-0.2, 0) is 9.59 Å². The predicted molar refractivity (Wildman–Crippen MR) is 68.7 cm³/mol. The number of carbonyl (C=O) groups is 2. The molecule has 6 heteroatoms. The molecule has 19 heavy (non-hydrogen) atoms. The number of carboxylic acid groups (broad SMARTS) is 1. The number of aryl methyl sites for hydroxylation is 1. The number of hydrazone groups is 1. The summed E-state index contributed by atoms with van der Waals surface area (Å²) in [4.78, 5) is 26.7. The van der Waals surface area contributed by atoms with Crippen molar-refractivity contribution in [1.29, 1.82) is 0 Å². The molecule has 0 atom stereocenters. The van der Waals surface area contributed by atoms with Gasteiger partial charge in [-0.3, -0.25) is 14.6 Å². The Bertz CT molecular complexity index is 540. The van der Waals surface area contributed by atoms with Crippen LogP contribution in [0.15, 0.2) is 23.3 Å². The summed E-state index contributed by atoms with van der Waals surface area (Å²) in [5, 5.41) is 14.4. The maximum Gasteiger partial charge on any atom is 0.309 e. The third-order valence-corrected chi connectivity index (χ3v) is 2.79. The molecule has 1 aromatic rings. The number of aliphatic carboxylic acids is 1. The standard InChI is InChI=1S/C13H15N3O3/c1-9-4-2-5-10(14-9)11(8-13(18)19)15-16-7-3-6-12(16)17/h2,4-5H,3,6-8H2,1H3,(H,18,19)/b15-11+. The van der Waals surface area contributed by atoms with E-state index >= 15 is 0 Å². The third kappa shape index (κ3) is 3.37. The molecule has 1 fully saturated rings. The number of carbonyl (C=O) groups excluding carboxylic acids is 1. The first kappa shape index (κ1) is 13.2. The lowest BCUT2D eigenvalue weighted by Crippen LogP contribution is -2.22. The van der Waals surface area contributed by atoms with Crippen molar-refractivity contribution in [1.82, 2.24) is 9.99 Å². The third-order valence-electron chi connectivity index (χ3n) is 2.79. The van der Waals surface area contributed by atoms with E-state index in [1.807, 2.05) is 13.0 Å². The Morgan fingerprint density at radius 3 is 2.89 bits per heavy atom. The van der Waals surface area contributed by atoms with Gasteiger partial charge < -0.3 is 5.11 Å². The van der Waals surface area contributed by atoms with Gasteiger partial charge in [-0.2, -0.15) is 5.10 Å². The zero-order valence-corrected chi connectivity index (χ0v) is 10.7. The summed E-state index contributed by atoms with van der Waals surface area (Å²) >= 11 is 0. The van der Waals surface area contributed by atoms with Crippen molar-refractivity contribution in [3.8, 4) is 0 Å². The predicted octanol–water partition coefficient (Wildman–Crippen LogP) is 1.19. The van der Waals surface area contributed by atoms with E-state index < -0.39 is 5.97 Å². The van der Waals surface area contributed by atoms with Crippen LogP contribution in [0.3, 0.4) is 0 Å². The number of hydrogen-bond donors (Lipinski definition) is 1. The largest absolute Gasteiger partial charge is 0.481 e. The lowest BCUT2D eigenvalue weighted by atomic mass is 10.2. The number of nitrogens with zero attached hydrogens (tertiary/aromatic N) is 3. The molecule has 100 valence electrons. The van der Waals surface area contributed by atoms with E-state index in [0.29, 0.717) is 24.4 Å². The second kappa shape index (κ2) is 5.60. The van der Waals surface area contributed by atoms with Crippen LogP contribution >= 0.6 is 0 Å². The maximum absolute atomic E-state index is 11.5. The van der Waals surface area contributed by atoms with Crippen LogP contribution in [0.2, 0.25) is 0 Å². The summed E-state index contributed by atoms with van der Waals surface area (Å²) in [5.41, 5.74) is 1.59. The number of amides is 1. The summed E-state index contributed by atoms with van der Waals surface area (Å²) in [5.74, 6) is -1.07. The molecule has 1 aliphatic rings. The Morgan fingerprint density at radius 1 is 1.53 bits per heavy atom. The smallest absolute Gasteiger partial charge is 0.309 e. The van der Waals surface area contributed by atoms with Crippen LogP contribution < -0.4 is 0 Å². The van der Waals surface area contributed by atoms with E-state index in [2.05, 4.69) is 10.1 Å². The van der Waals surface area contributed by atoms with Gasteiger partial charge in [-0.15, -0.1) is 0 Å². The number of pyridine rings is 1. The van der Waals surface area contributed by atoms with Gasteiger partial charge >= 0.3 is 5.97 Å². The lowest BCUT2D eigenvalue weighted by Gasteiger charge is -2.11. The van der Waals surface area contributed by atoms with Gasteiger partial charge in [0.1, 0.15) is 0 Å². The van der Waals surface area contributed by atoms with Gasteiger partial charge in [-0.1, -0.05) is 6.07 Å². The molecule has 0 bridgehead atoms. The summed E-state index contributed by atoms with van der Waals surface area (Å²) in [6.45, 7) is 2.36. The Hall–Kier alpha value is -2.24. The van der Waals surface area contributed by atoms with Crippen LogP contribution in [0.4, 0.5) is 0 Å².